The Balaban J connectivity index is 3.42. The molecule has 0 radical (unpaired) electrons. The molecule has 0 aliphatic carbocycles. The lowest BCUT2D eigenvalue weighted by Gasteiger charge is -2.19. The van der Waals surface area contributed by atoms with Crippen molar-refractivity contribution in [3.8, 4) is 5.88 Å². The zero-order valence-corrected chi connectivity index (χ0v) is 12.7. The van der Waals surface area contributed by atoms with Gasteiger partial charge in [-0.25, -0.2) is 4.98 Å². The van der Waals surface area contributed by atoms with E-state index in [2.05, 4.69) is 15.3 Å². The number of nitrogens with zero attached hydrogens (tertiary/aromatic N) is 3. The third-order valence-corrected chi connectivity index (χ3v) is 2.49. The van der Waals surface area contributed by atoms with Crippen molar-refractivity contribution in [3.05, 3.63) is 15.9 Å². The fourth-order valence-corrected chi connectivity index (χ4v) is 1.52. The highest BCUT2D eigenvalue weighted by molar-refractivity contribution is 5.62. The quantitative estimate of drug-likeness (QED) is 0.637. The van der Waals surface area contributed by atoms with Crippen molar-refractivity contribution >= 4 is 11.5 Å². The number of anilines is 1. The van der Waals surface area contributed by atoms with Crippen molar-refractivity contribution < 1.29 is 9.66 Å². The summed E-state index contributed by atoms with van der Waals surface area (Å²) in [6.07, 6.45) is 0.753. The Bertz CT molecular complexity index is 483. The van der Waals surface area contributed by atoms with Crippen LogP contribution in [0.4, 0.5) is 11.5 Å². The van der Waals surface area contributed by atoms with E-state index in [1.54, 1.807) is 0 Å². The molecule has 0 aromatic carbocycles. The normalized spacial score (nSPS) is 11.2. The summed E-state index contributed by atoms with van der Waals surface area (Å²) in [6.45, 7) is 10.6. The lowest BCUT2D eigenvalue weighted by molar-refractivity contribution is -0.385. The standard InChI is InChI=1S/C13H22N4O3/c1-6-8-20-11-9(17(18)19)10(14-7-2)15-12(16-11)13(3,4)5/h6-8H2,1-5H3,(H,14,15,16). The molecule has 1 N–H and O–H groups in total. The summed E-state index contributed by atoms with van der Waals surface area (Å²) in [5, 5.41) is 14.2. The minimum atomic E-state index is -0.505. The number of aromatic nitrogens is 2. The van der Waals surface area contributed by atoms with Gasteiger partial charge in [-0.15, -0.1) is 0 Å². The highest BCUT2D eigenvalue weighted by atomic mass is 16.6. The lowest BCUT2D eigenvalue weighted by atomic mass is 9.96. The van der Waals surface area contributed by atoms with Gasteiger partial charge in [0.15, 0.2) is 0 Å². The molecule has 0 amide bonds. The summed E-state index contributed by atoms with van der Waals surface area (Å²) < 4.78 is 5.44. The third kappa shape index (κ3) is 3.79. The van der Waals surface area contributed by atoms with E-state index in [4.69, 9.17) is 4.74 Å². The molecule has 0 spiro atoms. The SMILES string of the molecule is CCCOc1nc(C(C)(C)C)nc(NCC)c1[N+](=O)[O-]. The second kappa shape index (κ2) is 6.49. The molecule has 7 nitrogen and oxygen atoms in total. The van der Waals surface area contributed by atoms with E-state index in [1.807, 2.05) is 34.6 Å². The largest absolute Gasteiger partial charge is 0.473 e. The van der Waals surface area contributed by atoms with Gasteiger partial charge in [-0.2, -0.15) is 4.98 Å². The molecule has 0 saturated heterocycles. The van der Waals surface area contributed by atoms with E-state index in [9.17, 15) is 10.1 Å². The van der Waals surface area contributed by atoms with Crippen molar-refractivity contribution in [2.75, 3.05) is 18.5 Å². The van der Waals surface area contributed by atoms with Crippen molar-refractivity contribution in [3.63, 3.8) is 0 Å². The number of nitrogens with one attached hydrogen (secondary N) is 1. The molecule has 0 unspecified atom stereocenters. The van der Waals surface area contributed by atoms with Gasteiger partial charge >= 0.3 is 5.69 Å². The van der Waals surface area contributed by atoms with Crippen LogP contribution in [0.5, 0.6) is 5.88 Å². The molecule has 0 aliphatic rings. The van der Waals surface area contributed by atoms with E-state index in [0.717, 1.165) is 6.42 Å². The van der Waals surface area contributed by atoms with Crippen LogP contribution in [0.25, 0.3) is 0 Å². The molecule has 1 aromatic rings. The van der Waals surface area contributed by atoms with Crippen LogP contribution in [-0.2, 0) is 5.41 Å². The molecule has 7 heteroatoms. The van der Waals surface area contributed by atoms with Gasteiger partial charge in [0.05, 0.1) is 11.5 Å². The monoisotopic (exact) mass is 282 g/mol. The number of nitro groups is 1. The highest BCUT2D eigenvalue weighted by Crippen LogP contribution is 2.34. The Morgan fingerprint density at radius 1 is 1.30 bits per heavy atom. The van der Waals surface area contributed by atoms with Crippen LogP contribution in [0.15, 0.2) is 0 Å². The van der Waals surface area contributed by atoms with E-state index in [-0.39, 0.29) is 22.8 Å². The van der Waals surface area contributed by atoms with Gasteiger partial charge in [0, 0.05) is 12.0 Å². The maximum atomic E-state index is 11.2. The Morgan fingerprint density at radius 3 is 2.40 bits per heavy atom. The van der Waals surface area contributed by atoms with Crippen molar-refractivity contribution in [2.24, 2.45) is 0 Å². The molecule has 0 atom stereocenters. The van der Waals surface area contributed by atoms with Gasteiger partial charge in [0.1, 0.15) is 5.82 Å². The fraction of sp³-hybridized carbons (Fsp3) is 0.692. The van der Waals surface area contributed by atoms with E-state index in [1.165, 1.54) is 0 Å². The van der Waals surface area contributed by atoms with Gasteiger partial charge in [-0.3, -0.25) is 10.1 Å². The van der Waals surface area contributed by atoms with Crippen LogP contribution in [0.3, 0.4) is 0 Å². The predicted octanol–water partition coefficient (Wildman–Crippen LogP) is 2.90. The molecular weight excluding hydrogens is 260 g/mol. The van der Waals surface area contributed by atoms with Gasteiger partial charge in [0.2, 0.25) is 5.82 Å². The first-order valence-corrected chi connectivity index (χ1v) is 6.74. The Morgan fingerprint density at radius 2 is 1.95 bits per heavy atom. The maximum absolute atomic E-state index is 11.2. The van der Waals surface area contributed by atoms with Gasteiger partial charge in [-0.05, 0) is 13.3 Å². The maximum Gasteiger partial charge on any atom is 0.372 e. The van der Waals surface area contributed by atoms with Crippen molar-refractivity contribution in [1.29, 1.82) is 0 Å². The van der Waals surface area contributed by atoms with Crippen LogP contribution in [0.2, 0.25) is 0 Å². The average Bonchev–Trinajstić information content (AvgIpc) is 2.34. The molecular formula is C13H22N4O3. The fourth-order valence-electron chi connectivity index (χ4n) is 1.52. The summed E-state index contributed by atoms with van der Waals surface area (Å²) in [5.74, 6) is 0.765. The zero-order chi connectivity index (χ0) is 15.3. The van der Waals surface area contributed by atoms with Crippen LogP contribution >= 0.6 is 0 Å². The summed E-state index contributed by atoms with van der Waals surface area (Å²) >= 11 is 0. The van der Waals surface area contributed by atoms with E-state index < -0.39 is 4.92 Å². The number of rotatable bonds is 6. The second-order valence-corrected chi connectivity index (χ2v) is 5.44. The summed E-state index contributed by atoms with van der Waals surface area (Å²) in [5.41, 5.74) is -0.516. The summed E-state index contributed by atoms with van der Waals surface area (Å²) in [4.78, 5) is 19.3. The molecule has 1 aromatic heterocycles. The Hall–Kier alpha value is -1.92. The van der Waals surface area contributed by atoms with E-state index in [0.29, 0.717) is 19.0 Å². The topological polar surface area (TPSA) is 90.2 Å². The summed E-state index contributed by atoms with van der Waals surface area (Å²) in [6, 6.07) is 0. The van der Waals surface area contributed by atoms with Gasteiger partial charge < -0.3 is 10.1 Å². The predicted molar refractivity (Wildman–Crippen MR) is 77.3 cm³/mol. The average molecular weight is 282 g/mol. The highest BCUT2D eigenvalue weighted by Gasteiger charge is 2.29. The van der Waals surface area contributed by atoms with Crippen molar-refractivity contribution in [1.82, 2.24) is 9.97 Å². The van der Waals surface area contributed by atoms with Crippen LogP contribution in [0.1, 0.15) is 46.9 Å². The molecule has 20 heavy (non-hydrogen) atoms. The minimum Gasteiger partial charge on any atom is -0.473 e. The first-order chi connectivity index (χ1) is 9.31. The molecule has 0 fully saturated rings. The van der Waals surface area contributed by atoms with Gasteiger partial charge in [0.25, 0.3) is 5.88 Å². The van der Waals surface area contributed by atoms with E-state index >= 15 is 0 Å². The molecule has 112 valence electrons. The molecule has 0 bridgehead atoms. The first kappa shape index (κ1) is 16.1. The van der Waals surface area contributed by atoms with Crippen LogP contribution in [-0.4, -0.2) is 28.0 Å². The Kier molecular flexibility index (Phi) is 5.24. The second-order valence-electron chi connectivity index (χ2n) is 5.44. The zero-order valence-electron chi connectivity index (χ0n) is 12.7. The first-order valence-electron chi connectivity index (χ1n) is 6.74. The third-order valence-electron chi connectivity index (χ3n) is 2.49. The van der Waals surface area contributed by atoms with Crippen LogP contribution < -0.4 is 10.1 Å². The number of hydrogen-bond acceptors (Lipinski definition) is 6. The smallest absolute Gasteiger partial charge is 0.372 e. The van der Waals surface area contributed by atoms with Crippen LogP contribution in [0, 0.1) is 10.1 Å². The lowest BCUT2D eigenvalue weighted by Crippen LogP contribution is -2.19. The molecule has 1 rings (SSSR count). The molecule has 1 heterocycles. The van der Waals surface area contributed by atoms with Crippen molar-refractivity contribution in [2.45, 2.75) is 46.5 Å². The summed E-state index contributed by atoms with van der Waals surface area (Å²) in [7, 11) is 0. The number of ether oxygens (including phenoxy) is 1. The molecule has 0 saturated carbocycles. The van der Waals surface area contributed by atoms with Gasteiger partial charge in [-0.1, -0.05) is 27.7 Å². The number of hydrogen-bond donors (Lipinski definition) is 1. The molecule has 0 aliphatic heterocycles. The minimum absolute atomic E-state index is 0.0349. The Labute approximate surface area is 118 Å².